The Bertz CT molecular complexity index is 1330. The quantitative estimate of drug-likeness (QED) is 0.298. The van der Waals surface area contributed by atoms with E-state index in [2.05, 4.69) is 51.0 Å². The van der Waals surface area contributed by atoms with Crippen LogP contribution in [-0.4, -0.2) is 43.1 Å². The number of carbonyl (C=O) groups is 1. The van der Waals surface area contributed by atoms with Crippen LogP contribution in [0.15, 0.2) is 71.3 Å². The van der Waals surface area contributed by atoms with Crippen LogP contribution in [0, 0.1) is 18.7 Å². The van der Waals surface area contributed by atoms with Gasteiger partial charge in [-0.3, -0.25) is 9.69 Å². The predicted molar refractivity (Wildman–Crippen MR) is 154 cm³/mol. The molecule has 206 valence electrons. The van der Waals surface area contributed by atoms with Crippen LogP contribution in [0.4, 0.5) is 4.39 Å². The van der Waals surface area contributed by atoms with Crippen LogP contribution in [-0.2, 0) is 19.5 Å². The van der Waals surface area contributed by atoms with Gasteiger partial charge in [0.25, 0.3) is 5.91 Å². The van der Waals surface area contributed by atoms with Gasteiger partial charge in [-0.05, 0) is 101 Å². The fraction of sp³-hybridized carbons (Fsp3) is 0.375. The molecule has 6 nitrogen and oxygen atoms in total. The van der Waals surface area contributed by atoms with Crippen molar-refractivity contribution < 1.29 is 13.7 Å². The van der Waals surface area contributed by atoms with Crippen molar-refractivity contribution in [1.29, 1.82) is 0 Å². The summed E-state index contributed by atoms with van der Waals surface area (Å²) in [5.41, 5.74) is 5.23. The fourth-order valence-corrected chi connectivity index (χ4v) is 5.11. The molecule has 1 aliphatic heterocycles. The zero-order valence-corrected chi connectivity index (χ0v) is 23.2. The molecule has 5 rings (SSSR count). The Morgan fingerprint density at radius 1 is 1.00 bits per heavy atom. The molecule has 1 saturated heterocycles. The van der Waals surface area contributed by atoms with Gasteiger partial charge in [0.15, 0.2) is 5.58 Å². The summed E-state index contributed by atoms with van der Waals surface area (Å²) in [5.74, 6) is 0.223. The number of aryl methyl sites for hydroxylation is 2. The van der Waals surface area contributed by atoms with Gasteiger partial charge in [0, 0.05) is 29.6 Å². The van der Waals surface area contributed by atoms with Gasteiger partial charge in [0.05, 0.1) is 5.69 Å². The number of piperidine rings is 1. The van der Waals surface area contributed by atoms with Gasteiger partial charge in [-0.1, -0.05) is 47.6 Å². The molecule has 1 aromatic heterocycles. The lowest BCUT2D eigenvalue weighted by molar-refractivity contribution is 0.0950. The van der Waals surface area contributed by atoms with Crippen LogP contribution in [0.1, 0.15) is 52.0 Å². The number of benzene rings is 3. The molecular formula is C32H39FN4O2. The highest BCUT2D eigenvalue weighted by molar-refractivity contribution is 6.00. The second kappa shape index (κ2) is 14.0. The molecule has 2 heterocycles. The Kier molecular flexibility index (Phi) is 10.2. The number of likely N-dealkylation sites (tertiary alicyclic amines) is 1. The number of aromatic nitrogens is 1. The maximum absolute atomic E-state index is 13.1. The van der Waals surface area contributed by atoms with E-state index in [0.717, 1.165) is 54.7 Å². The number of halogens is 1. The zero-order valence-electron chi connectivity index (χ0n) is 23.2. The van der Waals surface area contributed by atoms with Crippen LogP contribution >= 0.6 is 0 Å². The molecule has 0 spiro atoms. The average molecular weight is 531 g/mol. The molecule has 1 aliphatic rings. The highest BCUT2D eigenvalue weighted by atomic mass is 19.1. The van der Waals surface area contributed by atoms with Gasteiger partial charge in [-0.2, -0.15) is 0 Å². The second-order valence-corrected chi connectivity index (χ2v) is 10.3. The molecule has 0 atom stereocenters. The summed E-state index contributed by atoms with van der Waals surface area (Å²) in [6.45, 7) is 5.53. The number of hydrogen-bond donors (Lipinski definition) is 2. The van der Waals surface area contributed by atoms with Gasteiger partial charge in [0.2, 0.25) is 0 Å². The Morgan fingerprint density at radius 2 is 1.69 bits per heavy atom. The minimum Gasteiger partial charge on any atom is -0.356 e. The van der Waals surface area contributed by atoms with Gasteiger partial charge in [-0.25, -0.2) is 4.39 Å². The summed E-state index contributed by atoms with van der Waals surface area (Å²) in [6, 6.07) is 20.6. The van der Waals surface area contributed by atoms with Crippen molar-refractivity contribution in [2.75, 3.05) is 27.2 Å². The van der Waals surface area contributed by atoms with Gasteiger partial charge in [-0.15, -0.1) is 0 Å². The molecule has 39 heavy (non-hydrogen) atoms. The maximum Gasteiger partial charge on any atom is 0.251 e. The van der Waals surface area contributed by atoms with Crippen molar-refractivity contribution in [3.63, 3.8) is 0 Å². The first-order valence-corrected chi connectivity index (χ1v) is 13.7. The van der Waals surface area contributed by atoms with E-state index in [1.54, 1.807) is 12.1 Å². The largest absolute Gasteiger partial charge is 0.356 e. The second-order valence-electron chi connectivity index (χ2n) is 10.3. The van der Waals surface area contributed by atoms with E-state index in [4.69, 9.17) is 4.52 Å². The van der Waals surface area contributed by atoms with Crippen molar-refractivity contribution in [1.82, 2.24) is 20.7 Å². The van der Waals surface area contributed by atoms with Crippen molar-refractivity contribution in [2.45, 2.75) is 45.7 Å². The summed E-state index contributed by atoms with van der Waals surface area (Å²) < 4.78 is 18.8. The first kappa shape index (κ1) is 28.5. The molecule has 0 radical (unpaired) electrons. The number of nitrogens with zero attached hydrogens (tertiary/aromatic N) is 2. The minimum atomic E-state index is -0.291. The smallest absolute Gasteiger partial charge is 0.251 e. The fourth-order valence-electron chi connectivity index (χ4n) is 5.11. The number of fused-ring (bicyclic) bond motifs is 1. The standard InChI is InChI=1S/C30H32FN3O2.C2H7N/c1-21-26(30(35)32-19-23-7-10-25(31)11-8-23)12-13-27-28(33-36-29(21)27)14-9-22-15-17-34(18-16-22)20-24-5-3-2-4-6-24;1-3-2/h2-8,10-13,22H,9,14-20H2,1H3,(H,32,35);3H,1-2H3. The number of rotatable bonds is 8. The molecule has 0 saturated carbocycles. The Balaban J connectivity index is 0.00000112. The third kappa shape index (κ3) is 7.74. The lowest BCUT2D eigenvalue weighted by atomic mass is 9.90. The predicted octanol–water partition coefficient (Wildman–Crippen LogP) is 5.89. The number of carbonyl (C=O) groups excluding carboxylic acids is 1. The van der Waals surface area contributed by atoms with Crippen molar-refractivity contribution >= 4 is 16.9 Å². The third-order valence-corrected chi connectivity index (χ3v) is 7.32. The minimum absolute atomic E-state index is 0.182. The molecular weight excluding hydrogens is 491 g/mol. The van der Waals surface area contributed by atoms with Crippen LogP contribution in [0.2, 0.25) is 0 Å². The van der Waals surface area contributed by atoms with E-state index >= 15 is 0 Å². The summed E-state index contributed by atoms with van der Waals surface area (Å²) in [6.07, 6.45) is 4.39. The summed E-state index contributed by atoms with van der Waals surface area (Å²) in [4.78, 5) is 15.3. The van der Waals surface area contributed by atoms with Crippen molar-refractivity contribution in [3.05, 3.63) is 100 Å². The average Bonchev–Trinajstić information content (AvgIpc) is 3.37. The van der Waals surface area contributed by atoms with Crippen LogP contribution < -0.4 is 10.6 Å². The van der Waals surface area contributed by atoms with Crippen LogP contribution in [0.3, 0.4) is 0 Å². The first-order chi connectivity index (χ1) is 19.0. The first-order valence-electron chi connectivity index (χ1n) is 13.7. The van der Waals surface area contributed by atoms with E-state index in [0.29, 0.717) is 23.6 Å². The molecule has 4 aromatic rings. The summed E-state index contributed by atoms with van der Waals surface area (Å²) in [7, 11) is 3.75. The monoisotopic (exact) mass is 530 g/mol. The van der Waals surface area contributed by atoms with Crippen molar-refractivity contribution in [3.8, 4) is 0 Å². The molecule has 0 aliphatic carbocycles. The maximum atomic E-state index is 13.1. The molecule has 0 unspecified atom stereocenters. The Morgan fingerprint density at radius 3 is 2.38 bits per heavy atom. The summed E-state index contributed by atoms with van der Waals surface area (Å²) in [5, 5.41) is 11.0. The lowest BCUT2D eigenvalue weighted by Crippen LogP contribution is -2.33. The SMILES string of the molecule is CNC.Cc1c(C(=O)NCc2ccc(F)cc2)ccc2c(CCC3CCN(Cc4ccccc4)CC3)noc12. The van der Waals surface area contributed by atoms with E-state index in [1.807, 2.05) is 33.2 Å². The van der Waals surface area contributed by atoms with Crippen LogP contribution in [0.5, 0.6) is 0 Å². The van der Waals surface area contributed by atoms with Crippen molar-refractivity contribution in [2.24, 2.45) is 5.92 Å². The molecule has 1 amide bonds. The Hall–Kier alpha value is -3.55. The molecule has 0 bridgehead atoms. The number of amides is 1. The van der Waals surface area contributed by atoms with E-state index in [1.165, 1.54) is 30.5 Å². The third-order valence-electron chi connectivity index (χ3n) is 7.32. The number of nitrogens with one attached hydrogen (secondary N) is 2. The Labute approximate surface area is 230 Å². The normalized spacial score (nSPS) is 14.2. The number of hydrogen-bond acceptors (Lipinski definition) is 5. The highest BCUT2D eigenvalue weighted by Crippen LogP contribution is 2.28. The molecule has 3 aromatic carbocycles. The lowest BCUT2D eigenvalue weighted by Gasteiger charge is -2.31. The van der Waals surface area contributed by atoms with Gasteiger partial charge >= 0.3 is 0 Å². The highest BCUT2D eigenvalue weighted by Gasteiger charge is 2.21. The van der Waals surface area contributed by atoms with E-state index in [9.17, 15) is 9.18 Å². The molecule has 1 fully saturated rings. The van der Waals surface area contributed by atoms with E-state index < -0.39 is 0 Å². The summed E-state index contributed by atoms with van der Waals surface area (Å²) >= 11 is 0. The van der Waals surface area contributed by atoms with Gasteiger partial charge in [0.1, 0.15) is 5.82 Å². The van der Waals surface area contributed by atoms with Crippen LogP contribution in [0.25, 0.3) is 11.0 Å². The zero-order chi connectivity index (χ0) is 27.6. The topological polar surface area (TPSA) is 70.4 Å². The van der Waals surface area contributed by atoms with Gasteiger partial charge < -0.3 is 15.2 Å². The molecule has 7 heteroatoms. The molecule has 2 N–H and O–H groups in total. The van der Waals surface area contributed by atoms with E-state index in [-0.39, 0.29) is 11.7 Å².